The van der Waals surface area contributed by atoms with Crippen LogP contribution in [-0.4, -0.2) is 12.2 Å². The summed E-state index contributed by atoms with van der Waals surface area (Å²) in [7, 11) is 0. The predicted octanol–water partition coefficient (Wildman–Crippen LogP) is 4.25. The molecule has 1 saturated carbocycles. The second-order valence-electron chi connectivity index (χ2n) is 6.35. The smallest absolute Gasteiger partial charge is 0.0686 e. The summed E-state index contributed by atoms with van der Waals surface area (Å²) in [6.07, 6.45) is 6.05. The lowest BCUT2D eigenvalue weighted by Crippen LogP contribution is -2.47. The van der Waals surface area contributed by atoms with E-state index in [0.717, 1.165) is 19.4 Å². The van der Waals surface area contributed by atoms with Crippen molar-refractivity contribution in [3.8, 4) is 0 Å². The third-order valence-corrected chi connectivity index (χ3v) is 6.16. The van der Waals surface area contributed by atoms with E-state index in [4.69, 9.17) is 10.5 Å². The van der Waals surface area contributed by atoms with Crippen molar-refractivity contribution in [2.75, 3.05) is 6.61 Å². The number of hydrogen-bond donors (Lipinski definition) is 1. The molecule has 2 heterocycles. The van der Waals surface area contributed by atoms with Gasteiger partial charge in [-0.3, -0.25) is 0 Å². The van der Waals surface area contributed by atoms with Crippen molar-refractivity contribution in [3.63, 3.8) is 0 Å². The van der Waals surface area contributed by atoms with Gasteiger partial charge in [-0.25, -0.2) is 0 Å². The minimum Gasteiger partial charge on any atom is -0.375 e. The average molecular weight is 287 g/mol. The zero-order valence-corrected chi connectivity index (χ0v) is 12.5. The Hall–Kier alpha value is -0.900. The summed E-state index contributed by atoms with van der Waals surface area (Å²) in [5, 5.41) is 3.61. The van der Waals surface area contributed by atoms with Gasteiger partial charge < -0.3 is 10.5 Å². The summed E-state index contributed by atoms with van der Waals surface area (Å²) in [4.78, 5) is 0. The number of rotatable bonds is 2. The molecule has 2 aromatic rings. The van der Waals surface area contributed by atoms with E-state index < -0.39 is 0 Å². The monoisotopic (exact) mass is 287 g/mol. The van der Waals surface area contributed by atoms with Gasteiger partial charge in [-0.05, 0) is 60.4 Å². The van der Waals surface area contributed by atoms with Crippen molar-refractivity contribution in [1.29, 1.82) is 0 Å². The summed E-state index contributed by atoms with van der Waals surface area (Å²) in [6.45, 7) is 0.889. The normalized spacial score (nSPS) is 26.6. The Morgan fingerprint density at radius 3 is 2.95 bits per heavy atom. The van der Waals surface area contributed by atoms with Crippen molar-refractivity contribution in [2.45, 2.75) is 43.7 Å². The highest BCUT2D eigenvalue weighted by atomic mass is 32.1. The second-order valence-corrected chi connectivity index (χ2v) is 7.26. The minimum atomic E-state index is 0.160. The van der Waals surface area contributed by atoms with Gasteiger partial charge in [-0.2, -0.15) is 0 Å². The summed E-state index contributed by atoms with van der Waals surface area (Å²) in [6, 6.07) is 8.77. The van der Waals surface area contributed by atoms with Crippen molar-refractivity contribution >= 4 is 21.4 Å². The zero-order chi connectivity index (χ0) is 13.6. The van der Waals surface area contributed by atoms with E-state index >= 15 is 0 Å². The standard InChI is InChI=1S/C17H21NOS/c18-16(12-6-9-19-17(10-12)7-3-8-17)14-11-20-15-5-2-1-4-13(14)15/h1-2,4-5,11-12,16H,3,6-10,18H2. The van der Waals surface area contributed by atoms with Gasteiger partial charge in [0.2, 0.25) is 0 Å². The van der Waals surface area contributed by atoms with Gasteiger partial charge in [-0.15, -0.1) is 11.3 Å². The van der Waals surface area contributed by atoms with Crippen LogP contribution in [0.3, 0.4) is 0 Å². The van der Waals surface area contributed by atoms with Gasteiger partial charge in [-0.1, -0.05) is 18.2 Å². The Morgan fingerprint density at radius 2 is 2.15 bits per heavy atom. The Labute approximate surface area is 123 Å². The van der Waals surface area contributed by atoms with Crippen molar-refractivity contribution in [2.24, 2.45) is 11.7 Å². The molecule has 1 aliphatic heterocycles. The quantitative estimate of drug-likeness (QED) is 0.896. The lowest BCUT2D eigenvalue weighted by molar-refractivity contribution is -0.146. The van der Waals surface area contributed by atoms with Crippen LogP contribution in [-0.2, 0) is 4.74 Å². The molecule has 1 aromatic heterocycles. The fourth-order valence-electron chi connectivity index (χ4n) is 3.80. The first-order valence-corrected chi connectivity index (χ1v) is 8.51. The van der Waals surface area contributed by atoms with Crippen molar-refractivity contribution in [1.82, 2.24) is 0 Å². The van der Waals surface area contributed by atoms with E-state index in [0.29, 0.717) is 5.92 Å². The second kappa shape index (κ2) is 4.83. The van der Waals surface area contributed by atoms with Crippen molar-refractivity contribution in [3.05, 3.63) is 35.2 Å². The van der Waals surface area contributed by atoms with Crippen LogP contribution < -0.4 is 5.73 Å². The van der Waals surface area contributed by atoms with E-state index in [9.17, 15) is 0 Å². The van der Waals surface area contributed by atoms with Gasteiger partial charge in [0.15, 0.2) is 0 Å². The predicted molar refractivity (Wildman–Crippen MR) is 84.0 cm³/mol. The number of nitrogens with two attached hydrogens (primary N) is 1. The van der Waals surface area contributed by atoms with E-state index in [1.165, 1.54) is 34.9 Å². The number of fused-ring (bicyclic) bond motifs is 1. The molecular weight excluding hydrogens is 266 g/mol. The van der Waals surface area contributed by atoms with Gasteiger partial charge in [0.05, 0.1) is 5.60 Å². The third-order valence-electron chi connectivity index (χ3n) is 5.17. The molecule has 4 rings (SSSR count). The van der Waals surface area contributed by atoms with E-state index in [1.54, 1.807) is 0 Å². The summed E-state index contributed by atoms with van der Waals surface area (Å²) >= 11 is 1.81. The molecule has 2 aliphatic rings. The number of benzene rings is 1. The van der Waals surface area contributed by atoms with Crippen LogP contribution in [0, 0.1) is 5.92 Å². The molecule has 1 saturated heterocycles. The van der Waals surface area contributed by atoms with Gasteiger partial charge in [0, 0.05) is 17.3 Å². The summed E-state index contributed by atoms with van der Waals surface area (Å²) < 4.78 is 7.38. The maximum absolute atomic E-state index is 6.63. The molecule has 106 valence electrons. The first-order chi connectivity index (χ1) is 9.77. The highest BCUT2D eigenvalue weighted by Crippen LogP contribution is 2.47. The molecule has 1 aromatic carbocycles. The molecule has 1 spiro atoms. The molecule has 0 amide bonds. The number of ether oxygens (including phenoxy) is 1. The fraction of sp³-hybridized carbons (Fsp3) is 0.529. The average Bonchev–Trinajstić information content (AvgIpc) is 2.89. The third kappa shape index (κ3) is 2.00. The molecule has 0 radical (unpaired) electrons. The Morgan fingerprint density at radius 1 is 1.30 bits per heavy atom. The molecule has 20 heavy (non-hydrogen) atoms. The van der Waals surface area contributed by atoms with Gasteiger partial charge in [0.1, 0.15) is 0 Å². The minimum absolute atomic E-state index is 0.160. The molecule has 2 unspecified atom stereocenters. The number of hydrogen-bond acceptors (Lipinski definition) is 3. The first kappa shape index (κ1) is 12.8. The number of thiophene rings is 1. The van der Waals surface area contributed by atoms with E-state index in [-0.39, 0.29) is 11.6 Å². The van der Waals surface area contributed by atoms with Crippen LogP contribution in [0.25, 0.3) is 10.1 Å². The van der Waals surface area contributed by atoms with E-state index in [2.05, 4.69) is 29.6 Å². The Bertz CT molecular complexity index is 616. The molecule has 3 heteroatoms. The van der Waals surface area contributed by atoms with Crippen LogP contribution in [0.1, 0.15) is 43.7 Å². The molecule has 1 aliphatic carbocycles. The largest absolute Gasteiger partial charge is 0.375 e. The van der Waals surface area contributed by atoms with Crippen LogP contribution in [0.15, 0.2) is 29.6 Å². The lowest BCUT2D eigenvalue weighted by atomic mass is 9.70. The zero-order valence-electron chi connectivity index (χ0n) is 11.7. The van der Waals surface area contributed by atoms with Gasteiger partial charge in [0.25, 0.3) is 0 Å². The topological polar surface area (TPSA) is 35.2 Å². The first-order valence-electron chi connectivity index (χ1n) is 7.63. The Kier molecular flexibility index (Phi) is 3.09. The molecule has 2 N–H and O–H groups in total. The maximum atomic E-state index is 6.63. The highest BCUT2D eigenvalue weighted by molar-refractivity contribution is 7.17. The fourth-order valence-corrected chi connectivity index (χ4v) is 4.81. The highest BCUT2D eigenvalue weighted by Gasteiger charge is 2.44. The van der Waals surface area contributed by atoms with Crippen LogP contribution >= 0.6 is 11.3 Å². The van der Waals surface area contributed by atoms with E-state index in [1.807, 2.05) is 11.3 Å². The summed E-state index contributed by atoms with van der Waals surface area (Å²) in [5.74, 6) is 0.571. The molecule has 0 bridgehead atoms. The SMILES string of the molecule is NC(c1csc2ccccc12)C1CCOC2(CCC2)C1. The van der Waals surface area contributed by atoms with Crippen LogP contribution in [0.2, 0.25) is 0 Å². The lowest BCUT2D eigenvalue weighted by Gasteiger charge is -2.48. The molecule has 2 atom stereocenters. The molecule has 2 nitrogen and oxygen atoms in total. The van der Waals surface area contributed by atoms with Gasteiger partial charge >= 0.3 is 0 Å². The summed E-state index contributed by atoms with van der Waals surface area (Å²) in [5.41, 5.74) is 8.16. The van der Waals surface area contributed by atoms with Crippen LogP contribution in [0.4, 0.5) is 0 Å². The van der Waals surface area contributed by atoms with Crippen molar-refractivity contribution < 1.29 is 4.74 Å². The maximum Gasteiger partial charge on any atom is 0.0686 e. The molecular formula is C17H21NOS. The Balaban J connectivity index is 1.61. The van der Waals surface area contributed by atoms with Crippen LogP contribution in [0.5, 0.6) is 0 Å². The molecule has 2 fully saturated rings.